The van der Waals surface area contributed by atoms with Gasteiger partial charge in [0.2, 0.25) is 0 Å². The third-order valence-electron chi connectivity index (χ3n) is 3.14. The van der Waals surface area contributed by atoms with E-state index in [0.29, 0.717) is 10.6 Å². The highest BCUT2D eigenvalue weighted by molar-refractivity contribution is 6.28. The Balaban J connectivity index is 0.00000112. The van der Waals surface area contributed by atoms with Crippen LogP contribution in [0.1, 0.15) is 31.9 Å². The zero-order chi connectivity index (χ0) is 10.0. The molecule has 0 aromatic carbocycles. The van der Waals surface area contributed by atoms with Crippen molar-refractivity contribution >= 4 is 24.0 Å². The van der Waals surface area contributed by atoms with Crippen molar-refractivity contribution in [1.82, 2.24) is 5.32 Å². The molecule has 0 radical (unpaired) electrons. The smallest absolute Gasteiger partial charge is 0.193 e. The number of nitrogens with one attached hydrogen (secondary N) is 1. The van der Waals surface area contributed by atoms with Crippen molar-refractivity contribution < 1.29 is 4.42 Å². The minimum Gasteiger partial charge on any atom is -0.448 e. The normalized spacial score (nSPS) is 17.2. The average molecular weight is 250 g/mol. The summed E-state index contributed by atoms with van der Waals surface area (Å²) in [7, 11) is 0. The van der Waals surface area contributed by atoms with E-state index in [4.69, 9.17) is 16.0 Å². The molecular formula is C11H17Cl2NO. The van der Waals surface area contributed by atoms with Crippen LogP contribution >= 0.6 is 24.0 Å². The lowest BCUT2D eigenvalue weighted by Crippen LogP contribution is -2.22. The Bertz CT molecular complexity index is 307. The van der Waals surface area contributed by atoms with E-state index in [1.807, 2.05) is 6.07 Å². The van der Waals surface area contributed by atoms with Gasteiger partial charge in [0.25, 0.3) is 0 Å². The van der Waals surface area contributed by atoms with Crippen molar-refractivity contribution in [2.45, 2.75) is 32.7 Å². The molecule has 0 bridgehead atoms. The maximum Gasteiger partial charge on any atom is 0.193 e. The van der Waals surface area contributed by atoms with Crippen LogP contribution in [-0.2, 0) is 6.54 Å². The fourth-order valence-electron chi connectivity index (χ4n) is 1.73. The second-order valence-electron chi connectivity index (χ2n) is 4.16. The Hall–Kier alpha value is -0.180. The van der Waals surface area contributed by atoms with Crippen molar-refractivity contribution in [1.29, 1.82) is 0 Å². The molecule has 1 N–H and O–H groups in total. The molecule has 0 amide bonds. The van der Waals surface area contributed by atoms with Crippen LogP contribution in [0.2, 0.25) is 5.22 Å². The Kier molecular flexibility index (Phi) is 4.50. The molecule has 0 aliphatic heterocycles. The summed E-state index contributed by atoms with van der Waals surface area (Å²) in [4.78, 5) is 0. The molecule has 0 saturated heterocycles. The zero-order valence-electron chi connectivity index (χ0n) is 8.88. The number of furan rings is 1. The standard InChI is InChI=1S/C11H16ClNO.ClH/c1-2-11(5-6-11)8-13-7-9-3-4-10(12)14-9;/h3-4,13H,2,5-8H2,1H3;1H. The number of halogens is 2. The summed E-state index contributed by atoms with van der Waals surface area (Å²) in [6.45, 7) is 4.15. The van der Waals surface area contributed by atoms with Crippen molar-refractivity contribution in [3.63, 3.8) is 0 Å². The highest BCUT2D eigenvalue weighted by atomic mass is 35.5. The molecule has 1 fully saturated rings. The van der Waals surface area contributed by atoms with Crippen molar-refractivity contribution in [3.8, 4) is 0 Å². The van der Waals surface area contributed by atoms with Gasteiger partial charge in [-0.1, -0.05) is 6.92 Å². The Morgan fingerprint density at radius 1 is 1.47 bits per heavy atom. The SMILES string of the molecule is CCC1(CNCc2ccc(Cl)o2)CC1.Cl. The number of hydrogen-bond donors (Lipinski definition) is 1. The summed E-state index contributed by atoms with van der Waals surface area (Å²) in [5.74, 6) is 0.918. The zero-order valence-corrected chi connectivity index (χ0v) is 10.5. The summed E-state index contributed by atoms with van der Waals surface area (Å²) in [6.07, 6.45) is 4.02. The van der Waals surface area contributed by atoms with E-state index in [-0.39, 0.29) is 12.4 Å². The monoisotopic (exact) mass is 249 g/mol. The van der Waals surface area contributed by atoms with Gasteiger partial charge in [0.1, 0.15) is 5.76 Å². The summed E-state index contributed by atoms with van der Waals surface area (Å²) in [5.41, 5.74) is 0.594. The molecule has 0 atom stereocenters. The summed E-state index contributed by atoms with van der Waals surface area (Å²) in [6, 6.07) is 3.70. The van der Waals surface area contributed by atoms with Crippen LogP contribution in [0.3, 0.4) is 0 Å². The second-order valence-corrected chi connectivity index (χ2v) is 4.54. The van der Waals surface area contributed by atoms with Crippen molar-refractivity contribution in [3.05, 3.63) is 23.1 Å². The molecule has 1 aliphatic carbocycles. The van der Waals surface area contributed by atoms with Crippen LogP contribution in [-0.4, -0.2) is 6.54 Å². The molecule has 4 heteroatoms. The summed E-state index contributed by atoms with van der Waals surface area (Å²) in [5, 5.41) is 3.89. The fourth-order valence-corrected chi connectivity index (χ4v) is 1.89. The minimum absolute atomic E-state index is 0. The first-order chi connectivity index (χ1) is 6.74. The van der Waals surface area contributed by atoms with Gasteiger partial charge in [-0.25, -0.2) is 0 Å². The molecule has 1 heterocycles. The van der Waals surface area contributed by atoms with E-state index in [1.54, 1.807) is 6.07 Å². The molecule has 1 aliphatic rings. The molecule has 1 aromatic heterocycles. The van der Waals surface area contributed by atoms with Gasteiger partial charge >= 0.3 is 0 Å². The molecular weight excluding hydrogens is 233 g/mol. The summed E-state index contributed by atoms with van der Waals surface area (Å²) >= 11 is 5.67. The first-order valence-electron chi connectivity index (χ1n) is 5.19. The summed E-state index contributed by atoms with van der Waals surface area (Å²) < 4.78 is 5.26. The largest absolute Gasteiger partial charge is 0.448 e. The van der Waals surface area contributed by atoms with Gasteiger partial charge in [0.05, 0.1) is 6.54 Å². The van der Waals surface area contributed by atoms with Gasteiger partial charge in [0, 0.05) is 6.54 Å². The van der Waals surface area contributed by atoms with Gasteiger partial charge in [-0.05, 0) is 48.4 Å². The lowest BCUT2D eigenvalue weighted by Gasteiger charge is -2.12. The van der Waals surface area contributed by atoms with E-state index in [0.717, 1.165) is 18.8 Å². The molecule has 0 spiro atoms. The van der Waals surface area contributed by atoms with E-state index in [1.165, 1.54) is 19.3 Å². The van der Waals surface area contributed by atoms with Crippen LogP contribution in [0, 0.1) is 5.41 Å². The highest BCUT2D eigenvalue weighted by Crippen LogP contribution is 2.47. The quantitative estimate of drug-likeness (QED) is 0.863. The predicted octanol–water partition coefficient (Wildman–Crippen LogP) is 3.63. The lowest BCUT2D eigenvalue weighted by atomic mass is 10.0. The Morgan fingerprint density at radius 2 is 2.20 bits per heavy atom. The van der Waals surface area contributed by atoms with Crippen molar-refractivity contribution in [2.75, 3.05) is 6.54 Å². The van der Waals surface area contributed by atoms with E-state index >= 15 is 0 Å². The van der Waals surface area contributed by atoms with Gasteiger partial charge in [0.15, 0.2) is 5.22 Å². The van der Waals surface area contributed by atoms with Crippen LogP contribution in [0.15, 0.2) is 16.5 Å². The number of hydrogen-bond acceptors (Lipinski definition) is 2. The predicted molar refractivity (Wildman–Crippen MR) is 64.6 cm³/mol. The van der Waals surface area contributed by atoms with Crippen LogP contribution < -0.4 is 5.32 Å². The lowest BCUT2D eigenvalue weighted by molar-refractivity contribution is 0.417. The van der Waals surface area contributed by atoms with Crippen molar-refractivity contribution in [2.24, 2.45) is 5.41 Å². The molecule has 2 nitrogen and oxygen atoms in total. The Morgan fingerprint density at radius 3 is 2.67 bits per heavy atom. The van der Waals surface area contributed by atoms with E-state index in [9.17, 15) is 0 Å². The van der Waals surface area contributed by atoms with E-state index < -0.39 is 0 Å². The van der Waals surface area contributed by atoms with Gasteiger partial charge < -0.3 is 9.73 Å². The average Bonchev–Trinajstić information content (AvgIpc) is 2.84. The molecule has 2 rings (SSSR count). The molecule has 0 unspecified atom stereocenters. The fraction of sp³-hybridized carbons (Fsp3) is 0.636. The van der Waals surface area contributed by atoms with E-state index in [2.05, 4.69) is 12.2 Å². The topological polar surface area (TPSA) is 25.2 Å². The molecule has 1 aromatic rings. The molecule has 1 saturated carbocycles. The molecule has 86 valence electrons. The first-order valence-corrected chi connectivity index (χ1v) is 5.57. The first kappa shape index (κ1) is 12.9. The second kappa shape index (κ2) is 5.24. The van der Waals surface area contributed by atoms with Crippen LogP contribution in [0.25, 0.3) is 0 Å². The number of rotatable bonds is 5. The van der Waals surface area contributed by atoms with Crippen LogP contribution in [0.5, 0.6) is 0 Å². The van der Waals surface area contributed by atoms with Gasteiger partial charge in [-0.3, -0.25) is 0 Å². The van der Waals surface area contributed by atoms with Gasteiger partial charge in [-0.2, -0.15) is 0 Å². The third kappa shape index (κ3) is 3.40. The minimum atomic E-state index is 0. The Labute approximate surface area is 102 Å². The van der Waals surface area contributed by atoms with Gasteiger partial charge in [-0.15, -0.1) is 12.4 Å². The highest BCUT2D eigenvalue weighted by Gasteiger charge is 2.39. The molecule has 15 heavy (non-hydrogen) atoms. The maximum absolute atomic E-state index is 5.67. The van der Waals surface area contributed by atoms with Crippen LogP contribution in [0.4, 0.5) is 0 Å². The maximum atomic E-state index is 5.67. The third-order valence-corrected chi connectivity index (χ3v) is 3.34.